The molecule has 2 rings (SSSR count). The predicted molar refractivity (Wildman–Crippen MR) is 116 cm³/mol. The van der Waals surface area contributed by atoms with Crippen LogP contribution < -0.4 is 0 Å². The van der Waals surface area contributed by atoms with Gasteiger partial charge in [0, 0.05) is 11.6 Å². The summed E-state index contributed by atoms with van der Waals surface area (Å²) in [4.78, 5) is 22.4. The zero-order valence-electron chi connectivity index (χ0n) is 18.4. The van der Waals surface area contributed by atoms with Crippen molar-refractivity contribution < 1.29 is 19.4 Å². The monoisotopic (exact) mass is 400 g/mol. The van der Waals surface area contributed by atoms with Crippen LogP contribution in [-0.4, -0.2) is 30.1 Å². The fourth-order valence-corrected chi connectivity index (χ4v) is 4.34. The van der Waals surface area contributed by atoms with Gasteiger partial charge in [-0.05, 0) is 76.2 Å². The second-order valence-electron chi connectivity index (χ2n) is 9.06. The number of allylic oxidation sites excluding steroid dienone is 5. The number of hydrogen-bond acceptors (Lipinski definition) is 4. The van der Waals surface area contributed by atoms with Gasteiger partial charge >= 0.3 is 5.97 Å². The molecule has 1 atom stereocenters. The molecule has 0 amide bonds. The highest BCUT2D eigenvalue weighted by Gasteiger charge is 2.27. The van der Waals surface area contributed by atoms with Crippen LogP contribution in [0, 0.1) is 5.41 Å². The van der Waals surface area contributed by atoms with Gasteiger partial charge in [0.25, 0.3) is 0 Å². The van der Waals surface area contributed by atoms with Crippen LogP contribution in [0.3, 0.4) is 0 Å². The van der Waals surface area contributed by atoms with Crippen molar-refractivity contribution >= 4 is 12.3 Å². The molecule has 0 aromatic carbocycles. The molecule has 1 aliphatic heterocycles. The van der Waals surface area contributed by atoms with E-state index >= 15 is 0 Å². The molecule has 160 valence electrons. The van der Waals surface area contributed by atoms with Gasteiger partial charge in [0.2, 0.25) is 0 Å². The summed E-state index contributed by atoms with van der Waals surface area (Å²) in [7, 11) is 0. The highest BCUT2D eigenvalue weighted by atomic mass is 16.5. The van der Waals surface area contributed by atoms with Crippen molar-refractivity contribution in [3.05, 3.63) is 46.1 Å². The molecule has 1 heterocycles. The molecule has 29 heavy (non-hydrogen) atoms. The Morgan fingerprint density at radius 3 is 2.69 bits per heavy atom. The van der Waals surface area contributed by atoms with Gasteiger partial charge in [0.15, 0.2) is 0 Å². The minimum Gasteiger partial charge on any atom is -0.458 e. The van der Waals surface area contributed by atoms with Crippen LogP contribution in [0.1, 0.15) is 79.1 Å². The van der Waals surface area contributed by atoms with Gasteiger partial charge in [-0.15, -0.1) is 0 Å². The first-order chi connectivity index (χ1) is 13.7. The average Bonchev–Trinajstić information content (AvgIpc) is 3.09. The second-order valence-corrected chi connectivity index (χ2v) is 9.06. The quantitative estimate of drug-likeness (QED) is 0.231. The Hall–Kier alpha value is -1.94. The summed E-state index contributed by atoms with van der Waals surface area (Å²) in [5, 5.41) is 10.1. The number of aliphatic hydroxyl groups is 1. The van der Waals surface area contributed by atoms with E-state index in [1.807, 2.05) is 0 Å². The summed E-state index contributed by atoms with van der Waals surface area (Å²) in [5.74, 6) is -0.415. The minimum absolute atomic E-state index is 0.138. The normalized spacial score (nSPS) is 21.1. The maximum atomic E-state index is 11.3. The number of ether oxygens (including phenoxy) is 1. The third kappa shape index (κ3) is 7.11. The van der Waals surface area contributed by atoms with E-state index in [-0.39, 0.29) is 6.61 Å². The van der Waals surface area contributed by atoms with Gasteiger partial charge in [0.05, 0.1) is 6.10 Å². The zero-order valence-corrected chi connectivity index (χ0v) is 18.4. The first kappa shape index (κ1) is 23.3. The van der Waals surface area contributed by atoms with E-state index in [1.54, 1.807) is 17.2 Å². The maximum absolute atomic E-state index is 11.3. The van der Waals surface area contributed by atoms with Crippen LogP contribution >= 0.6 is 0 Å². The van der Waals surface area contributed by atoms with E-state index in [9.17, 15) is 14.7 Å². The number of aldehydes is 1. The predicted octanol–water partition coefficient (Wildman–Crippen LogP) is 5.38. The third-order valence-electron chi connectivity index (χ3n) is 6.25. The van der Waals surface area contributed by atoms with Crippen LogP contribution in [0.25, 0.3) is 0 Å². The summed E-state index contributed by atoms with van der Waals surface area (Å²) in [6.07, 6.45) is 13.2. The second kappa shape index (κ2) is 10.7. The lowest BCUT2D eigenvalue weighted by Crippen LogP contribution is -2.20. The number of carbonyl (C=O) groups excluding carboxylic acids is 2. The first-order valence-corrected chi connectivity index (χ1v) is 10.8. The van der Waals surface area contributed by atoms with Crippen molar-refractivity contribution in [1.29, 1.82) is 0 Å². The molecule has 0 fully saturated rings. The number of rotatable bonds is 10. The van der Waals surface area contributed by atoms with Gasteiger partial charge in [-0.1, -0.05) is 42.7 Å². The van der Waals surface area contributed by atoms with Crippen molar-refractivity contribution in [3.63, 3.8) is 0 Å². The number of aliphatic hydroxyl groups excluding tert-OH is 1. The lowest BCUT2D eigenvalue weighted by Gasteiger charge is -2.35. The van der Waals surface area contributed by atoms with Gasteiger partial charge in [-0.2, -0.15) is 0 Å². The number of hydrogen-bond donors (Lipinski definition) is 1. The van der Waals surface area contributed by atoms with Crippen LogP contribution in [0.4, 0.5) is 0 Å². The minimum atomic E-state index is -0.774. The molecule has 0 saturated heterocycles. The molecule has 2 aliphatic rings. The van der Waals surface area contributed by atoms with Crippen LogP contribution in [-0.2, 0) is 14.3 Å². The van der Waals surface area contributed by atoms with Crippen molar-refractivity contribution in [2.75, 3.05) is 6.61 Å². The molecule has 0 bridgehead atoms. The first-order valence-electron chi connectivity index (χ1n) is 10.8. The molecule has 0 aromatic rings. The Morgan fingerprint density at radius 2 is 2.07 bits per heavy atom. The van der Waals surface area contributed by atoms with Crippen LogP contribution in [0.2, 0.25) is 0 Å². The van der Waals surface area contributed by atoms with Gasteiger partial charge in [-0.3, -0.25) is 4.79 Å². The summed E-state index contributed by atoms with van der Waals surface area (Å²) in [5.41, 5.74) is 6.14. The van der Waals surface area contributed by atoms with E-state index in [4.69, 9.17) is 4.74 Å². The molecule has 0 aromatic heterocycles. The zero-order chi connectivity index (χ0) is 21.4. The van der Waals surface area contributed by atoms with Gasteiger partial charge < -0.3 is 9.84 Å². The van der Waals surface area contributed by atoms with Crippen molar-refractivity contribution in [3.8, 4) is 0 Å². The van der Waals surface area contributed by atoms with Gasteiger partial charge in [-0.25, -0.2) is 4.79 Å². The molecule has 0 radical (unpaired) electrons. The fourth-order valence-electron chi connectivity index (χ4n) is 4.34. The van der Waals surface area contributed by atoms with E-state index < -0.39 is 12.1 Å². The molecule has 1 N–H and O–H groups in total. The maximum Gasteiger partial charge on any atom is 0.331 e. The fraction of sp³-hybridized carbons (Fsp3) is 0.600. The summed E-state index contributed by atoms with van der Waals surface area (Å²) in [6, 6.07) is 0. The third-order valence-corrected chi connectivity index (χ3v) is 6.25. The Labute approximate surface area is 175 Å². The summed E-state index contributed by atoms with van der Waals surface area (Å²) >= 11 is 0. The number of carbonyl (C=O) groups is 2. The van der Waals surface area contributed by atoms with Crippen LogP contribution in [0.5, 0.6) is 0 Å². The molecule has 0 unspecified atom stereocenters. The largest absolute Gasteiger partial charge is 0.458 e. The average molecular weight is 401 g/mol. The number of esters is 1. The van der Waals surface area contributed by atoms with Crippen LogP contribution in [0.15, 0.2) is 46.1 Å². The summed E-state index contributed by atoms with van der Waals surface area (Å²) < 4.78 is 4.80. The lowest BCUT2D eigenvalue weighted by atomic mass is 9.71. The van der Waals surface area contributed by atoms with Crippen molar-refractivity contribution in [2.24, 2.45) is 5.41 Å². The highest BCUT2D eigenvalue weighted by Crippen LogP contribution is 2.42. The molecule has 4 heteroatoms. The molecule has 0 saturated carbocycles. The standard InChI is InChI=1S/C25H36O4/c1-18(10-12-22-19(2)8-6-14-25(22,3)4)7-5-9-20(16-26)11-13-23(27)21-15-24(28)29-17-21/h7,11,15-16,23,27H,5-6,8-10,12-14,17H2,1-4H3/b18-7-,20-11-/t23-/m1/s1. The molecular formula is C25H36O4. The molecule has 1 aliphatic carbocycles. The molecular weight excluding hydrogens is 364 g/mol. The highest BCUT2D eigenvalue weighted by molar-refractivity contribution is 5.85. The topological polar surface area (TPSA) is 63.6 Å². The summed E-state index contributed by atoms with van der Waals surface area (Å²) in [6.45, 7) is 9.32. The lowest BCUT2D eigenvalue weighted by molar-refractivity contribution is -0.135. The SMILES string of the molecule is CC1=C(CC/C(C)=C\CC/C(C=O)=C/C[C@@H](O)C2=CC(=O)OC2)C(C)(C)CCC1. The smallest absolute Gasteiger partial charge is 0.331 e. The molecule has 0 spiro atoms. The number of cyclic esters (lactones) is 1. The van der Waals surface area contributed by atoms with E-state index in [1.165, 1.54) is 30.9 Å². The Kier molecular flexibility index (Phi) is 8.63. The Bertz CT molecular complexity index is 734. The van der Waals surface area contributed by atoms with E-state index in [0.29, 0.717) is 29.4 Å². The van der Waals surface area contributed by atoms with Gasteiger partial charge in [0.1, 0.15) is 12.9 Å². The molecule has 4 nitrogen and oxygen atoms in total. The Morgan fingerprint density at radius 1 is 1.31 bits per heavy atom. The van der Waals surface area contributed by atoms with E-state index in [0.717, 1.165) is 25.5 Å². The van der Waals surface area contributed by atoms with Crippen molar-refractivity contribution in [1.82, 2.24) is 0 Å². The van der Waals surface area contributed by atoms with E-state index in [2.05, 4.69) is 33.8 Å². The van der Waals surface area contributed by atoms with Crippen molar-refractivity contribution in [2.45, 2.75) is 85.2 Å². The Balaban J connectivity index is 1.81.